The Hall–Kier alpha value is -3.15. The van der Waals surface area contributed by atoms with Crippen molar-refractivity contribution in [1.29, 1.82) is 0 Å². The molecule has 0 unspecified atom stereocenters. The third-order valence-electron chi connectivity index (χ3n) is 4.92. The van der Waals surface area contributed by atoms with Gasteiger partial charge in [-0.2, -0.15) is 0 Å². The first-order chi connectivity index (χ1) is 12.9. The Labute approximate surface area is 158 Å². The first-order valence-corrected chi connectivity index (χ1v) is 9.10. The zero-order valence-corrected chi connectivity index (χ0v) is 15.9. The standard InChI is InChI=1S/C21H23N5O/c1-13(2)26-12-22-25-19(26)14-7-5-8-15(11-14)23-17-10-6-9-16-18(17)20(27)24-21(16,3)4/h5-13,23H,1-4H3,(H,24,27). The topological polar surface area (TPSA) is 71.8 Å². The minimum atomic E-state index is -0.361. The molecule has 0 saturated carbocycles. The average Bonchev–Trinajstić information content (AvgIpc) is 3.19. The van der Waals surface area contributed by atoms with Crippen LogP contribution in [-0.4, -0.2) is 20.7 Å². The van der Waals surface area contributed by atoms with Crippen LogP contribution in [0.25, 0.3) is 11.4 Å². The summed E-state index contributed by atoms with van der Waals surface area (Å²) in [6, 6.07) is 14.2. The van der Waals surface area contributed by atoms with E-state index in [9.17, 15) is 4.79 Å². The van der Waals surface area contributed by atoms with Crippen LogP contribution >= 0.6 is 0 Å². The van der Waals surface area contributed by atoms with Crippen LogP contribution in [0, 0.1) is 0 Å². The summed E-state index contributed by atoms with van der Waals surface area (Å²) in [4.78, 5) is 12.5. The lowest BCUT2D eigenvalue weighted by Gasteiger charge is -2.19. The fourth-order valence-corrected chi connectivity index (χ4v) is 3.55. The molecule has 2 aromatic carbocycles. The first-order valence-electron chi connectivity index (χ1n) is 9.10. The third-order valence-corrected chi connectivity index (χ3v) is 4.92. The SMILES string of the molecule is CC(C)n1cnnc1-c1cccc(Nc2cccc3c2C(=O)NC3(C)C)c1. The molecule has 1 amide bonds. The van der Waals surface area contributed by atoms with Gasteiger partial charge in [0.2, 0.25) is 0 Å². The quantitative estimate of drug-likeness (QED) is 0.729. The largest absolute Gasteiger partial charge is 0.355 e. The normalized spacial score (nSPS) is 14.9. The number of anilines is 2. The lowest BCUT2D eigenvalue weighted by atomic mass is 9.94. The molecule has 27 heavy (non-hydrogen) atoms. The molecule has 1 aliphatic rings. The van der Waals surface area contributed by atoms with Crippen LogP contribution in [-0.2, 0) is 5.54 Å². The van der Waals surface area contributed by atoms with E-state index in [4.69, 9.17) is 0 Å². The second-order valence-electron chi connectivity index (χ2n) is 7.67. The predicted octanol–water partition coefficient (Wildman–Crippen LogP) is 4.25. The first kappa shape index (κ1) is 17.3. The lowest BCUT2D eigenvalue weighted by molar-refractivity contribution is 0.0941. The summed E-state index contributed by atoms with van der Waals surface area (Å²) >= 11 is 0. The average molecular weight is 361 g/mol. The molecule has 0 atom stereocenters. The second-order valence-corrected chi connectivity index (χ2v) is 7.67. The van der Waals surface area contributed by atoms with Gasteiger partial charge in [0.25, 0.3) is 5.91 Å². The summed E-state index contributed by atoms with van der Waals surface area (Å²) in [6.07, 6.45) is 1.75. The summed E-state index contributed by atoms with van der Waals surface area (Å²) in [5, 5.41) is 14.8. The number of nitrogens with zero attached hydrogens (tertiary/aromatic N) is 3. The Balaban J connectivity index is 1.71. The Morgan fingerprint density at radius 3 is 2.70 bits per heavy atom. The molecule has 2 heterocycles. The van der Waals surface area contributed by atoms with Crippen LogP contribution in [0.15, 0.2) is 48.8 Å². The molecule has 4 rings (SSSR count). The molecular formula is C21H23N5O. The van der Waals surface area contributed by atoms with Gasteiger partial charge in [0.05, 0.1) is 16.8 Å². The van der Waals surface area contributed by atoms with E-state index in [1.165, 1.54) is 0 Å². The van der Waals surface area contributed by atoms with Crippen molar-refractivity contribution in [1.82, 2.24) is 20.1 Å². The van der Waals surface area contributed by atoms with Gasteiger partial charge in [0.1, 0.15) is 6.33 Å². The van der Waals surface area contributed by atoms with Crippen LogP contribution in [0.3, 0.4) is 0 Å². The number of benzene rings is 2. The van der Waals surface area contributed by atoms with Gasteiger partial charge in [-0.1, -0.05) is 24.3 Å². The molecule has 3 aromatic rings. The molecule has 1 aromatic heterocycles. The molecule has 138 valence electrons. The number of carbonyl (C=O) groups excluding carboxylic acids is 1. The van der Waals surface area contributed by atoms with E-state index in [0.29, 0.717) is 5.56 Å². The van der Waals surface area contributed by atoms with E-state index in [1.54, 1.807) is 6.33 Å². The number of carbonyl (C=O) groups is 1. The van der Waals surface area contributed by atoms with Gasteiger partial charge in [-0.25, -0.2) is 0 Å². The maximum absolute atomic E-state index is 12.5. The van der Waals surface area contributed by atoms with Gasteiger partial charge in [-0.05, 0) is 51.5 Å². The van der Waals surface area contributed by atoms with Crippen molar-refractivity contribution in [2.45, 2.75) is 39.3 Å². The molecule has 0 fully saturated rings. The van der Waals surface area contributed by atoms with Crippen molar-refractivity contribution in [2.75, 3.05) is 5.32 Å². The second kappa shape index (κ2) is 6.23. The molecule has 0 spiro atoms. The van der Waals surface area contributed by atoms with Gasteiger partial charge < -0.3 is 15.2 Å². The fourth-order valence-electron chi connectivity index (χ4n) is 3.55. The number of fused-ring (bicyclic) bond motifs is 1. The Kier molecular flexibility index (Phi) is 3.98. The number of hydrogen-bond acceptors (Lipinski definition) is 4. The molecule has 0 saturated heterocycles. The zero-order valence-electron chi connectivity index (χ0n) is 15.9. The third kappa shape index (κ3) is 2.97. The highest BCUT2D eigenvalue weighted by Gasteiger charge is 2.36. The van der Waals surface area contributed by atoms with Crippen LogP contribution in [0.2, 0.25) is 0 Å². The van der Waals surface area contributed by atoms with E-state index in [-0.39, 0.29) is 17.5 Å². The maximum atomic E-state index is 12.5. The highest BCUT2D eigenvalue weighted by molar-refractivity contribution is 6.05. The van der Waals surface area contributed by atoms with Crippen LogP contribution in [0.1, 0.15) is 49.7 Å². The van der Waals surface area contributed by atoms with E-state index in [2.05, 4.69) is 34.7 Å². The van der Waals surface area contributed by atoms with E-state index < -0.39 is 0 Å². The number of amides is 1. The van der Waals surface area contributed by atoms with E-state index in [0.717, 1.165) is 28.3 Å². The Morgan fingerprint density at radius 2 is 1.93 bits per heavy atom. The highest BCUT2D eigenvalue weighted by Crippen LogP contribution is 2.36. The highest BCUT2D eigenvalue weighted by atomic mass is 16.2. The lowest BCUT2D eigenvalue weighted by Crippen LogP contribution is -2.32. The van der Waals surface area contributed by atoms with Crippen molar-refractivity contribution in [3.8, 4) is 11.4 Å². The molecule has 0 aliphatic carbocycles. The number of hydrogen-bond donors (Lipinski definition) is 2. The number of nitrogens with one attached hydrogen (secondary N) is 2. The van der Waals surface area contributed by atoms with E-state index >= 15 is 0 Å². The van der Waals surface area contributed by atoms with Gasteiger partial charge >= 0.3 is 0 Å². The van der Waals surface area contributed by atoms with Crippen LogP contribution < -0.4 is 10.6 Å². The van der Waals surface area contributed by atoms with Gasteiger partial charge in [-0.3, -0.25) is 4.79 Å². The van der Waals surface area contributed by atoms with Crippen molar-refractivity contribution in [2.24, 2.45) is 0 Å². The van der Waals surface area contributed by atoms with Gasteiger partial charge in [0.15, 0.2) is 5.82 Å². The molecule has 6 heteroatoms. The fraction of sp³-hybridized carbons (Fsp3) is 0.286. The summed E-state index contributed by atoms with van der Waals surface area (Å²) in [5.74, 6) is 0.777. The molecule has 6 nitrogen and oxygen atoms in total. The molecule has 0 radical (unpaired) electrons. The summed E-state index contributed by atoms with van der Waals surface area (Å²) in [6.45, 7) is 8.23. The van der Waals surface area contributed by atoms with Gasteiger partial charge in [-0.15, -0.1) is 10.2 Å². The predicted molar refractivity (Wildman–Crippen MR) is 106 cm³/mol. The number of rotatable bonds is 4. The molecular weight excluding hydrogens is 338 g/mol. The summed E-state index contributed by atoms with van der Waals surface area (Å²) in [5.41, 5.74) is 4.03. The van der Waals surface area contributed by atoms with Crippen molar-refractivity contribution < 1.29 is 4.79 Å². The zero-order chi connectivity index (χ0) is 19.2. The smallest absolute Gasteiger partial charge is 0.254 e. The molecule has 2 N–H and O–H groups in total. The molecule has 1 aliphatic heterocycles. The monoisotopic (exact) mass is 361 g/mol. The Bertz CT molecular complexity index is 1020. The van der Waals surface area contributed by atoms with Crippen LogP contribution in [0.5, 0.6) is 0 Å². The van der Waals surface area contributed by atoms with Crippen molar-refractivity contribution >= 4 is 17.3 Å². The summed E-state index contributed by atoms with van der Waals surface area (Å²) in [7, 11) is 0. The van der Waals surface area contributed by atoms with E-state index in [1.807, 2.05) is 60.9 Å². The van der Waals surface area contributed by atoms with Gasteiger partial charge in [0, 0.05) is 17.3 Å². The minimum Gasteiger partial charge on any atom is -0.355 e. The van der Waals surface area contributed by atoms with Crippen molar-refractivity contribution in [3.05, 3.63) is 59.9 Å². The molecule has 0 bridgehead atoms. The minimum absolute atomic E-state index is 0.0474. The maximum Gasteiger partial charge on any atom is 0.254 e. The van der Waals surface area contributed by atoms with Crippen LogP contribution in [0.4, 0.5) is 11.4 Å². The van der Waals surface area contributed by atoms with Crippen molar-refractivity contribution in [3.63, 3.8) is 0 Å². The number of aromatic nitrogens is 3. The Morgan fingerprint density at radius 1 is 1.15 bits per heavy atom. The summed E-state index contributed by atoms with van der Waals surface area (Å²) < 4.78 is 2.04.